The van der Waals surface area contributed by atoms with E-state index in [1.54, 1.807) is 6.20 Å². The van der Waals surface area contributed by atoms with Crippen LogP contribution >= 0.6 is 0 Å². The average Bonchev–Trinajstić information content (AvgIpc) is 2.88. The Morgan fingerprint density at radius 1 is 1.25 bits per heavy atom. The molecule has 0 amide bonds. The normalized spacial score (nSPS) is 22.5. The summed E-state index contributed by atoms with van der Waals surface area (Å²) in [6, 6.07) is 9.89. The molecular weight excluding hydrogens is 322 g/mol. The fraction of sp³-hybridized carbons (Fsp3) is 0.500. The summed E-state index contributed by atoms with van der Waals surface area (Å²) in [4.78, 5) is 6.66. The average molecular weight is 347 g/mol. The van der Waals surface area contributed by atoms with Crippen LogP contribution in [-0.4, -0.2) is 43.5 Å². The highest BCUT2D eigenvalue weighted by molar-refractivity contribution is 7.88. The Labute approximate surface area is 144 Å². The molecule has 1 aromatic heterocycles. The number of hydrogen-bond donors (Lipinski definition) is 1. The van der Waals surface area contributed by atoms with E-state index in [0.717, 1.165) is 29.6 Å². The Hall–Kier alpha value is -1.50. The van der Waals surface area contributed by atoms with E-state index in [4.69, 9.17) is 0 Å². The molecule has 0 saturated carbocycles. The summed E-state index contributed by atoms with van der Waals surface area (Å²) in [5, 5.41) is 0.963. The minimum atomic E-state index is -3.41. The summed E-state index contributed by atoms with van der Waals surface area (Å²) >= 11 is 0. The molecule has 5 nitrogen and oxygen atoms in total. The fourth-order valence-electron chi connectivity index (χ4n) is 3.34. The van der Waals surface area contributed by atoms with Crippen molar-refractivity contribution in [3.05, 3.63) is 42.1 Å². The van der Waals surface area contributed by atoms with Gasteiger partial charge in [0.2, 0.25) is 10.0 Å². The molecule has 3 rings (SSSR count). The van der Waals surface area contributed by atoms with Gasteiger partial charge < -0.3 is 0 Å². The van der Waals surface area contributed by atoms with Crippen molar-refractivity contribution in [3.63, 3.8) is 0 Å². The highest BCUT2D eigenvalue weighted by atomic mass is 32.2. The number of likely N-dealkylation sites (tertiary alicyclic amines) is 1. The molecular formula is C18H25N3O2S. The van der Waals surface area contributed by atoms with Gasteiger partial charge in [-0.15, -0.1) is 0 Å². The summed E-state index contributed by atoms with van der Waals surface area (Å²) < 4.78 is 28.2. The van der Waals surface area contributed by atoms with E-state index in [1.165, 1.54) is 0 Å². The zero-order chi connectivity index (χ0) is 17.3. The van der Waals surface area contributed by atoms with Gasteiger partial charge in [-0.2, -0.15) is 0 Å². The van der Waals surface area contributed by atoms with E-state index in [2.05, 4.69) is 35.4 Å². The van der Waals surface area contributed by atoms with Gasteiger partial charge in [0, 0.05) is 36.8 Å². The van der Waals surface area contributed by atoms with Crippen molar-refractivity contribution in [2.75, 3.05) is 13.1 Å². The molecule has 1 aliphatic heterocycles. The quantitative estimate of drug-likeness (QED) is 0.902. The van der Waals surface area contributed by atoms with Crippen LogP contribution in [0.5, 0.6) is 0 Å². The summed E-state index contributed by atoms with van der Waals surface area (Å²) in [6.07, 6.45) is 1.70. The summed E-state index contributed by atoms with van der Waals surface area (Å²) in [5.74, 6) is 0.277. The molecule has 1 aliphatic rings. The Morgan fingerprint density at radius 3 is 2.71 bits per heavy atom. The molecule has 2 aromatic rings. The molecule has 1 aromatic carbocycles. The molecule has 0 bridgehead atoms. The van der Waals surface area contributed by atoms with E-state index in [-0.39, 0.29) is 11.8 Å². The largest absolute Gasteiger partial charge is 0.299 e. The maximum atomic E-state index is 12.7. The first-order valence-electron chi connectivity index (χ1n) is 8.42. The number of fused-ring (bicyclic) bond motifs is 1. The molecule has 0 radical (unpaired) electrons. The van der Waals surface area contributed by atoms with Crippen LogP contribution in [0.1, 0.15) is 26.3 Å². The van der Waals surface area contributed by atoms with Crippen LogP contribution in [0.4, 0.5) is 0 Å². The Balaban J connectivity index is 1.77. The molecule has 0 unspecified atom stereocenters. The van der Waals surface area contributed by atoms with Crippen molar-refractivity contribution >= 4 is 20.9 Å². The van der Waals surface area contributed by atoms with Crippen LogP contribution in [0, 0.1) is 5.92 Å². The van der Waals surface area contributed by atoms with Crippen molar-refractivity contribution in [1.29, 1.82) is 0 Å². The van der Waals surface area contributed by atoms with E-state index in [1.807, 2.05) is 30.3 Å². The van der Waals surface area contributed by atoms with Crippen molar-refractivity contribution in [3.8, 4) is 0 Å². The fourth-order valence-corrected chi connectivity index (χ4v) is 4.83. The molecule has 2 atom stereocenters. The first-order chi connectivity index (χ1) is 11.4. The topological polar surface area (TPSA) is 62.3 Å². The third kappa shape index (κ3) is 3.77. The third-order valence-corrected chi connectivity index (χ3v) is 6.12. The molecule has 0 aliphatic carbocycles. The SMILES string of the molecule is CC(C)N1C[C@@H](C)[C@@H](NS(=O)(=O)Cc2cccc3cccnc23)C1. The predicted molar refractivity (Wildman–Crippen MR) is 97.2 cm³/mol. The van der Waals surface area contributed by atoms with Gasteiger partial charge in [-0.25, -0.2) is 13.1 Å². The highest BCUT2D eigenvalue weighted by Gasteiger charge is 2.33. The van der Waals surface area contributed by atoms with Gasteiger partial charge in [0.25, 0.3) is 0 Å². The van der Waals surface area contributed by atoms with E-state index in [0.29, 0.717) is 12.0 Å². The van der Waals surface area contributed by atoms with Crippen LogP contribution in [0.25, 0.3) is 10.9 Å². The molecule has 130 valence electrons. The highest BCUT2D eigenvalue weighted by Crippen LogP contribution is 2.21. The van der Waals surface area contributed by atoms with Gasteiger partial charge in [-0.05, 0) is 31.4 Å². The molecule has 0 spiro atoms. The molecule has 1 saturated heterocycles. The van der Waals surface area contributed by atoms with Crippen LogP contribution in [0.2, 0.25) is 0 Å². The van der Waals surface area contributed by atoms with Gasteiger partial charge >= 0.3 is 0 Å². The summed E-state index contributed by atoms with van der Waals surface area (Å²) in [5.41, 5.74) is 1.50. The Bertz CT molecular complexity index is 815. The Morgan fingerprint density at radius 2 is 2.00 bits per heavy atom. The van der Waals surface area contributed by atoms with Crippen LogP contribution < -0.4 is 4.72 Å². The minimum absolute atomic E-state index is 0.0275. The van der Waals surface area contributed by atoms with Gasteiger partial charge in [-0.1, -0.05) is 31.2 Å². The number of pyridine rings is 1. The van der Waals surface area contributed by atoms with Crippen molar-refractivity contribution < 1.29 is 8.42 Å². The smallest absolute Gasteiger partial charge is 0.216 e. The first-order valence-corrected chi connectivity index (χ1v) is 10.1. The van der Waals surface area contributed by atoms with Crippen molar-refractivity contribution in [1.82, 2.24) is 14.6 Å². The van der Waals surface area contributed by atoms with E-state index >= 15 is 0 Å². The standard InChI is InChI=1S/C18H25N3O2S/c1-13(2)21-10-14(3)17(11-21)20-24(22,23)12-16-7-4-6-15-8-5-9-19-18(15)16/h4-9,13-14,17,20H,10-12H2,1-3H3/t14-,17+/m1/s1. The van der Waals surface area contributed by atoms with E-state index in [9.17, 15) is 8.42 Å². The number of hydrogen-bond acceptors (Lipinski definition) is 4. The lowest BCUT2D eigenvalue weighted by atomic mass is 10.1. The van der Waals surface area contributed by atoms with E-state index < -0.39 is 10.0 Å². The number of rotatable bonds is 5. The number of benzene rings is 1. The number of nitrogens with zero attached hydrogens (tertiary/aromatic N) is 2. The monoisotopic (exact) mass is 347 g/mol. The van der Waals surface area contributed by atoms with Gasteiger partial charge in [0.05, 0.1) is 11.3 Å². The van der Waals surface area contributed by atoms with Gasteiger partial charge in [-0.3, -0.25) is 9.88 Å². The van der Waals surface area contributed by atoms with Crippen LogP contribution in [-0.2, 0) is 15.8 Å². The molecule has 1 fully saturated rings. The zero-order valence-corrected chi connectivity index (χ0v) is 15.3. The van der Waals surface area contributed by atoms with Gasteiger partial charge in [0.1, 0.15) is 0 Å². The molecule has 2 heterocycles. The second-order valence-corrected chi connectivity index (χ2v) is 8.75. The number of sulfonamides is 1. The van der Waals surface area contributed by atoms with Crippen molar-refractivity contribution in [2.45, 2.75) is 38.6 Å². The second kappa shape index (κ2) is 6.78. The lowest BCUT2D eigenvalue weighted by molar-refractivity contribution is 0.265. The van der Waals surface area contributed by atoms with Crippen LogP contribution in [0.3, 0.4) is 0 Å². The molecule has 1 N–H and O–H groups in total. The number of nitrogens with one attached hydrogen (secondary N) is 1. The van der Waals surface area contributed by atoms with Gasteiger partial charge in [0.15, 0.2) is 0 Å². The minimum Gasteiger partial charge on any atom is -0.299 e. The van der Waals surface area contributed by atoms with Crippen LogP contribution in [0.15, 0.2) is 36.5 Å². The number of para-hydroxylation sites is 1. The first kappa shape index (κ1) is 17.3. The third-order valence-electron chi connectivity index (χ3n) is 4.76. The lowest BCUT2D eigenvalue weighted by Gasteiger charge is -2.20. The molecule has 6 heteroatoms. The molecule has 24 heavy (non-hydrogen) atoms. The zero-order valence-electron chi connectivity index (χ0n) is 14.4. The second-order valence-electron chi connectivity index (χ2n) is 7.00. The lowest BCUT2D eigenvalue weighted by Crippen LogP contribution is -2.41. The summed E-state index contributed by atoms with van der Waals surface area (Å²) in [6.45, 7) is 8.10. The summed E-state index contributed by atoms with van der Waals surface area (Å²) in [7, 11) is -3.41. The maximum absolute atomic E-state index is 12.7. The maximum Gasteiger partial charge on any atom is 0.216 e. The predicted octanol–water partition coefficient (Wildman–Crippen LogP) is 2.38. The number of aromatic nitrogens is 1. The Kier molecular flexibility index (Phi) is 4.90. The van der Waals surface area contributed by atoms with Crippen molar-refractivity contribution in [2.24, 2.45) is 5.92 Å².